The average Bonchev–Trinajstić information content (AvgIpc) is 2.15. The van der Waals surface area contributed by atoms with E-state index in [1.165, 1.54) is 19.2 Å². The zero-order valence-electron chi connectivity index (χ0n) is 7.65. The van der Waals surface area contributed by atoms with Crippen LogP contribution in [-0.4, -0.2) is 32.4 Å². The predicted octanol–water partition coefficient (Wildman–Crippen LogP) is 0.270. The van der Waals surface area contributed by atoms with Crippen LogP contribution in [0.4, 0.5) is 5.69 Å². The zero-order chi connectivity index (χ0) is 11.6. The lowest BCUT2D eigenvalue weighted by atomic mass is 10.3. The standard InChI is InChI=1S/C7H7NO5S2/c1-8(14(9)10)6-2-4-7(5-3-6)15(11,12)13/h2-5H,1H3/p+1. The molecule has 0 fully saturated rings. The lowest BCUT2D eigenvalue weighted by Crippen LogP contribution is -1.99. The molecule has 1 aromatic carbocycles. The Kier molecular flexibility index (Phi) is 3.22. The van der Waals surface area contributed by atoms with Crippen LogP contribution in [0.5, 0.6) is 0 Å². The molecule has 0 saturated heterocycles. The minimum atomic E-state index is -4.24. The van der Waals surface area contributed by atoms with Crippen molar-refractivity contribution >= 4 is 26.3 Å². The molecular formula is C7H8NO5S2+. The largest absolute Gasteiger partial charge is 0.464 e. The van der Waals surface area contributed by atoms with Gasteiger partial charge in [-0.1, -0.05) is 3.95 Å². The molecule has 0 aromatic heterocycles. The zero-order valence-corrected chi connectivity index (χ0v) is 9.29. The van der Waals surface area contributed by atoms with E-state index >= 15 is 0 Å². The maximum atomic E-state index is 10.7. The summed E-state index contributed by atoms with van der Waals surface area (Å²) in [6.07, 6.45) is 0. The first-order valence-electron chi connectivity index (χ1n) is 3.73. The number of nitrogens with zero attached hydrogens (tertiary/aromatic N) is 1. The van der Waals surface area contributed by atoms with Crippen molar-refractivity contribution in [3.8, 4) is 0 Å². The molecule has 0 aliphatic carbocycles. The van der Waals surface area contributed by atoms with Crippen molar-refractivity contribution in [3.05, 3.63) is 24.3 Å². The van der Waals surface area contributed by atoms with Crippen molar-refractivity contribution in [1.82, 2.24) is 0 Å². The first-order chi connectivity index (χ1) is 6.82. The fourth-order valence-electron chi connectivity index (χ4n) is 0.914. The van der Waals surface area contributed by atoms with Gasteiger partial charge >= 0.3 is 10.5 Å². The Morgan fingerprint density at radius 2 is 1.67 bits per heavy atom. The van der Waals surface area contributed by atoms with Gasteiger partial charge in [0, 0.05) is 12.1 Å². The van der Waals surface area contributed by atoms with Gasteiger partial charge in [0.1, 0.15) is 0 Å². The predicted molar refractivity (Wildman–Crippen MR) is 51.0 cm³/mol. The number of hydrogen-bond donors (Lipinski definition) is 1. The highest BCUT2D eigenvalue weighted by Crippen LogP contribution is 2.14. The Bertz CT molecular complexity index is 589. The molecule has 0 aliphatic rings. The summed E-state index contributed by atoms with van der Waals surface area (Å²) in [5.74, 6) is 0. The minimum Gasteiger partial charge on any atom is -0.282 e. The van der Waals surface area contributed by atoms with Crippen LogP contribution in [0.25, 0.3) is 0 Å². The summed E-state index contributed by atoms with van der Waals surface area (Å²) in [5, 5.41) is 0. The van der Waals surface area contributed by atoms with Crippen molar-refractivity contribution in [3.63, 3.8) is 0 Å². The van der Waals surface area contributed by atoms with Crippen molar-refractivity contribution < 1.29 is 25.3 Å². The van der Waals surface area contributed by atoms with Crippen LogP contribution in [0, 0.1) is 0 Å². The molecular weight excluding hydrogens is 242 g/mol. The SMILES string of the molecule is C[N+](c1ccc(S(=O)(=O)O)cc1)=S(=O)=O. The van der Waals surface area contributed by atoms with E-state index < -0.39 is 20.6 Å². The second-order valence-corrected chi connectivity index (χ2v) is 5.09. The molecule has 1 N–H and O–H groups in total. The van der Waals surface area contributed by atoms with Gasteiger partial charge in [-0.3, -0.25) is 4.55 Å². The summed E-state index contributed by atoms with van der Waals surface area (Å²) in [5.41, 5.74) is 0.302. The Morgan fingerprint density at radius 1 is 1.20 bits per heavy atom. The molecule has 0 unspecified atom stereocenters. The fraction of sp³-hybridized carbons (Fsp3) is 0.143. The second kappa shape index (κ2) is 4.09. The van der Waals surface area contributed by atoms with E-state index in [0.717, 1.165) is 16.1 Å². The van der Waals surface area contributed by atoms with Crippen molar-refractivity contribution in [2.75, 3.05) is 7.05 Å². The van der Waals surface area contributed by atoms with Crippen LogP contribution in [-0.2, 0) is 20.6 Å². The average molecular weight is 250 g/mol. The lowest BCUT2D eigenvalue weighted by molar-refractivity contribution is -0.377. The smallest absolute Gasteiger partial charge is 0.282 e. The quantitative estimate of drug-likeness (QED) is 0.601. The third-order valence-corrected chi connectivity index (χ3v) is 3.25. The maximum absolute atomic E-state index is 10.7. The van der Waals surface area contributed by atoms with E-state index in [0.29, 0.717) is 5.69 Å². The van der Waals surface area contributed by atoms with Gasteiger partial charge in [-0.25, -0.2) is 0 Å². The third-order valence-electron chi connectivity index (χ3n) is 1.72. The molecule has 6 nitrogen and oxygen atoms in total. The van der Waals surface area contributed by atoms with Gasteiger partial charge in [-0.15, -0.1) is 8.42 Å². The molecule has 0 amide bonds. The molecule has 15 heavy (non-hydrogen) atoms. The van der Waals surface area contributed by atoms with E-state index in [4.69, 9.17) is 4.55 Å². The molecule has 0 spiro atoms. The van der Waals surface area contributed by atoms with Crippen LogP contribution in [0.15, 0.2) is 29.2 Å². The number of hydrogen-bond acceptors (Lipinski definition) is 4. The third kappa shape index (κ3) is 2.85. The molecule has 0 radical (unpaired) electrons. The van der Waals surface area contributed by atoms with Crippen LogP contribution < -0.4 is 0 Å². The molecule has 0 atom stereocenters. The van der Waals surface area contributed by atoms with E-state index in [2.05, 4.69) is 0 Å². The Labute approximate surface area is 88.2 Å². The Balaban J connectivity index is 3.30. The fourth-order valence-corrected chi connectivity index (χ4v) is 1.69. The van der Waals surface area contributed by atoms with Crippen molar-refractivity contribution in [1.29, 1.82) is 0 Å². The molecule has 0 bridgehead atoms. The van der Waals surface area contributed by atoms with E-state index in [-0.39, 0.29) is 4.90 Å². The minimum absolute atomic E-state index is 0.281. The Morgan fingerprint density at radius 3 is 2.00 bits per heavy atom. The maximum Gasteiger partial charge on any atom is 0.464 e. The summed E-state index contributed by atoms with van der Waals surface area (Å²) in [7, 11) is -5.34. The molecule has 8 heteroatoms. The highest BCUT2D eigenvalue weighted by atomic mass is 32.2. The van der Waals surface area contributed by atoms with Gasteiger partial charge in [0.25, 0.3) is 10.1 Å². The first-order valence-corrected chi connectivity index (χ1v) is 6.20. The normalized spacial score (nSPS) is 11.1. The summed E-state index contributed by atoms with van der Waals surface area (Å²) in [6, 6.07) is 4.79. The monoisotopic (exact) mass is 250 g/mol. The van der Waals surface area contributed by atoms with Crippen LogP contribution in [0.2, 0.25) is 0 Å². The van der Waals surface area contributed by atoms with Crippen LogP contribution >= 0.6 is 0 Å². The summed E-state index contributed by atoms with van der Waals surface area (Å²) >= 11 is 0. The second-order valence-electron chi connectivity index (χ2n) is 2.68. The van der Waals surface area contributed by atoms with Gasteiger partial charge in [-0.2, -0.15) is 8.42 Å². The van der Waals surface area contributed by atoms with E-state index in [9.17, 15) is 16.8 Å². The van der Waals surface area contributed by atoms with Gasteiger partial charge in [0.2, 0.25) is 5.69 Å². The van der Waals surface area contributed by atoms with Crippen LogP contribution in [0.3, 0.4) is 0 Å². The molecule has 1 rings (SSSR count). The van der Waals surface area contributed by atoms with E-state index in [1.54, 1.807) is 0 Å². The number of rotatable bonds is 2. The number of benzene rings is 1. The molecule has 82 valence electrons. The van der Waals surface area contributed by atoms with Gasteiger partial charge < -0.3 is 0 Å². The van der Waals surface area contributed by atoms with E-state index in [1.807, 2.05) is 0 Å². The summed E-state index contributed by atoms with van der Waals surface area (Å²) in [4.78, 5) is -0.281. The van der Waals surface area contributed by atoms with Crippen molar-refractivity contribution in [2.24, 2.45) is 0 Å². The highest BCUT2D eigenvalue weighted by molar-refractivity contribution is 7.85. The molecule has 0 aliphatic heterocycles. The molecule has 0 saturated carbocycles. The van der Waals surface area contributed by atoms with Crippen LogP contribution in [0.1, 0.15) is 0 Å². The molecule has 0 heterocycles. The van der Waals surface area contributed by atoms with Gasteiger partial charge in [0.05, 0.1) is 4.90 Å². The molecule has 1 aromatic rings. The first kappa shape index (κ1) is 11.8. The van der Waals surface area contributed by atoms with Gasteiger partial charge in [0.15, 0.2) is 7.05 Å². The van der Waals surface area contributed by atoms with Crippen molar-refractivity contribution in [2.45, 2.75) is 4.90 Å². The summed E-state index contributed by atoms with van der Waals surface area (Å²) in [6.45, 7) is 0. The highest BCUT2D eigenvalue weighted by Gasteiger charge is 2.12. The summed E-state index contributed by atoms with van der Waals surface area (Å²) < 4.78 is 52.0. The topological polar surface area (TPSA) is 91.5 Å². The lowest BCUT2D eigenvalue weighted by Gasteiger charge is -1.95. The Hall–Kier alpha value is -1.25. The van der Waals surface area contributed by atoms with Gasteiger partial charge in [-0.05, 0) is 12.1 Å².